The van der Waals surface area contributed by atoms with Crippen LogP contribution >= 0.6 is 0 Å². The van der Waals surface area contributed by atoms with Gasteiger partial charge in [0.25, 0.3) is 0 Å². The van der Waals surface area contributed by atoms with Crippen molar-refractivity contribution in [3.8, 4) is 0 Å². The van der Waals surface area contributed by atoms with Crippen molar-refractivity contribution in [3.05, 3.63) is 22.9 Å². The molecule has 0 saturated carbocycles. The van der Waals surface area contributed by atoms with E-state index in [1.165, 1.54) is 16.8 Å². The van der Waals surface area contributed by atoms with E-state index in [1.807, 2.05) is 0 Å². The van der Waals surface area contributed by atoms with Gasteiger partial charge in [-0.2, -0.15) is 0 Å². The first-order chi connectivity index (χ1) is 6.84. The van der Waals surface area contributed by atoms with Crippen molar-refractivity contribution in [1.82, 2.24) is 5.32 Å². The predicted octanol–water partition coefficient (Wildman–Crippen LogP) is 4.13. The lowest BCUT2D eigenvalue weighted by molar-refractivity contribution is 0.598. The Morgan fingerprint density at radius 1 is 1.07 bits per heavy atom. The smallest absolute Gasteiger partial charge is 0.0326 e. The van der Waals surface area contributed by atoms with E-state index in [2.05, 4.69) is 59.9 Å². The molecule has 1 N–H and O–H groups in total. The molecule has 0 aliphatic carbocycles. The summed E-state index contributed by atoms with van der Waals surface area (Å²) in [5.74, 6) is 1.31. The summed E-state index contributed by atoms with van der Waals surface area (Å²) in [6, 6.07) is 0. The summed E-state index contributed by atoms with van der Waals surface area (Å²) >= 11 is 0. The lowest BCUT2D eigenvalue weighted by atomic mass is 10.0. The van der Waals surface area contributed by atoms with Gasteiger partial charge in [0, 0.05) is 12.2 Å². The van der Waals surface area contributed by atoms with Gasteiger partial charge in [-0.1, -0.05) is 38.8 Å². The zero-order valence-corrected chi connectivity index (χ0v) is 11.4. The second-order valence-electron chi connectivity index (χ2n) is 5.23. The Bertz CT molecular complexity index is 240. The van der Waals surface area contributed by atoms with Gasteiger partial charge in [-0.3, -0.25) is 0 Å². The van der Waals surface area contributed by atoms with Crippen LogP contribution in [0.15, 0.2) is 22.9 Å². The van der Waals surface area contributed by atoms with Crippen LogP contribution in [0, 0.1) is 11.8 Å². The molecule has 0 amide bonds. The number of allylic oxidation sites excluding steroid dienone is 3. The molecule has 0 unspecified atom stereocenters. The predicted molar refractivity (Wildman–Crippen MR) is 69.8 cm³/mol. The first kappa shape index (κ1) is 14.3. The van der Waals surface area contributed by atoms with E-state index >= 15 is 0 Å². The molecule has 0 aliphatic heterocycles. The van der Waals surface area contributed by atoms with Crippen molar-refractivity contribution in [3.63, 3.8) is 0 Å². The minimum Gasteiger partial charge on any atom is -0.385 e. The van der Waals surface area contributed by atoms with E-state index in [0.29, 0.717) is 11.8 Å². The lowest BCUT2D eigenvalue weighted by Gasteiger charge is -2.14. The molecule has 0 aromatic rings. The van der Waals surface area contributed by atoms with Crippen molar-refractivity contribution in [2.75, 3.05) is 6.54 Å². The maximum absolute atomic E-state index is 3.51. The van der Waals surface area contributed by atoms with E-state index in [0.717, 1.165) is 6.54 Å². The van der Waals surface area contributed by atoms with E-state index in [9.17, 15) is 0 Å². The third-order valence-electron chi connectivity index (χ3n) is 2.52. The summed E-state index contributed by atoms with van der Waals surface area (Å²) in [7, 11) is 0. The summed E-state index contributed by atoms with van der Waals surface area (Å²) in [5.41, 5.74) is 4.08. The average molecular weight is 209 g/mol. The van der Waals surface area contributed by atoms with Gasteiger partial charge in [0.15, 0.2) is 0 Å². The standard InChI is InChI=1S/C14H27N/c1-10(2)9-15-14(12(5)6)8-13(7)11(3)4/h8,10-11,15H,9H2,1-7H3/b13-8+. The lowest BCUT2D eigenvalue weighted by Crippen LogP contribution is -2.19. The van der Waals surface area contributed by atoms with Crippen LogP contribution in [-0.2, 0) is 0 Å². The molecule has 0 bridgehead atoms. The number of nitrogens with one attached hydrogen (secondary N) is 1. The molecule has 0 saturated heterocycles. The molecule has 0 heterocycles. The van der Waals surface area contributed by atoms with Crippen molar-refractivity contribution in [2.45, 2.75) is 48.5 Å². The molecule has 0 spiro atoms. The summed E-state index contributed by atoms with van der Waals surface area (Å²) < 4.78 is 0. The van der Waals surface area contributed by atoms with Gasteiger partial charge in [-0.25, -0.2) is 0 Å². The second kappa shape index (κ2) is 6.71. The molecular formula is C14H27N. The summed E-state index contributed by atoms with van der Waals surface area (Å²) in [4.78, 5) is 0. The molecule has 0 rings (SSSR count). The van der Waals surface area contributed by atoms with E-state index in [1.54, 1.807) is 0 Å². The van der Waals surface area contributed by atoms with Crippen LogP contribution in [0.4, 0.5) is 0 Å². The number of hydrogen-bond acceptors (Lipinski definition) is 1. The Kier molecular flexibility index (Phi) is 6.38. The Labute approximate surface area is 95.7 Å². The molecule has 88 valence electrons. The van der Waals surface area contributed by atoms with Crippen LogP contribution in [-0.4, -0.2) is 6.54 Å². The topological polar surface area (TPSA) is 12.0 Å². The molecular weight excluding hydrogens is 182 g/mol. The summed E-state index contributed by atoms with van der Waals surface area (Å²) in [6.45, 7) is 16.5. The van der Waals surface area contributed by atoms with Crippen LogP contribution in [0.2, 0.25) is 0 Å². The Morgan fingerprint density at radius 2 is 1.60 bits per heavy atom. The molecule has 0 aromatic carbocycles. The molecule has 0 atom stereocenters. The van der Waals surface area contributed by atoms with Crippen molar-refractivity contribution >= 4 is 0 Å². The minimum absolute atomic E-state index is 0.625. The first-order valence-electron chi connectivity index (χ1n) is 5.94. The molecule has 0 aromatic heterocycles. The first-order valence-corrected chi connectivity index (χ1v) is 5.94. The fourth-order valence-corrected chi connectivity index (χ4v) is 1.08. The highest BCUT2D eigenvalue weighted by molar-refractivity contribution is 5.25. The van der Waals surface area contributed by atoms with Gasteiger partial charge in [0.1, 0.15) is 0 Å². The monoisotopic (exact) mass is 209 g/mol. The molecule has 0 fully saturated rings. The Balaban J connectivity index is 4.58. The fourth-order valence-electron chi connectivity index (χ4n) is 1.08. The van der Waals surface area contributed by atoms with Gasteiger partial charge in [-0.15, -0.1) is 0 Å². The second-order valence-corrected chi connectivity index (χ2v) is 5.23. The van der Waals surface area contributed by atoms with Gasteiger partial charge in [-0.05, 0) is 38.7 Å². The van der Waals surface area contributed by atoms with Crippen molar-refractivity contribution in [1.29, 1.82) is 0 Å². The van der Waals surface area contributed by atoms with Crippen LogP contribution in [0.25, 0.3) is 0 Å². The quantitative estimate of drug-likeness (QED) is 0.671. The molecule has 15 heavy (non-hydrogen) atoms. The highest BCUT2D eigenvalue weighted by Crippen LogP contribution is 2.12. The van der Waals surface area contributed by atoms with E-state index in [4.69, 9.17) is 0 Å². The highest BCUT2D eigenvalue weighted by Gasteiger charge is 2.01. The van der Waals surface area contributed by atoms with Gasteiger partial charge in [0.05, 0.1) is 0 Å². The number of hydrogen-bond donors (Lipinski definition) is 1. The van der Waals surface area contributed by atoms with Crippen LogP contribution < -0.4 is 5.32 Å². The summed E-state index contributed by atoms with van der Waals surface area (Å²) in [5, 5.41) is 3.51. The van der Waals surface area contributed by atoms with Gasteiger partial charge < -0.3 is 5.32 Å². The summed E-state index contributed by atoms with van der Waals surface area (Å²) in [6.07, 6.45) is 2.28. The Hall–Kier alpha value is -0.720. The van der Waals surface area contributed by atoms with Gasteiger partial charge in [0.2, 0.25) is 0 Å². The Morgan fingerprint density at radius 3 is 1.93 bits per heavy atom. The van der Waals surface area contributed by atoms with E-state index in [-0.39, 0.29) is 0 Å². The van der Waals surface area contributed by atoms with Crippen LogP contribution in [0.5, 0.6) is 0 Å². The third-order valence-corrected chi connectivity index (χ3v) is 2.52. The normalized spacial score (nSPS) is 12.2. The zero-order valence-electron chi connectivity index (χ0n) is 11.4. The van der Waals surface area contributed by atoms with Crippen molar-refractivity contribution < 1.29 is 0 Å². The zero-order chi connectivity index (χ0) is 12.0. The average Bonchev–Trinajstić information content (AvgIpc) is 2.10. The molecule has 0 radical (unpaired) electrons. The maximum Gasteiger partial charge on any atom is 0.0326 e. The van der Waals surface area contributed by atoms with Gasteiger partial charge >= 0.3 is 0 Å². The third kappa shape index (κ3) is 6.38. The minimum atomic E-state index is 0.625. The molecule has 0 aliphatic rings. The molecule has 1 nitrogen and oxygen atoms in total. The largest absolute Gasteiger partial charge is 0.385 e. The van der Waals surface area contributed by atoms with Crippen LogP contribution in [0.1, 0.15) is 48.5 Å². The maximum atomic E-state index is 3.51. The number of rotatable bonds is 5. The SMILES string of the molecule is CC(C)=C(/C=C(\C)C(C)C)NCC(C)C. The van der Waals surface area contributed by atoms with Crippen LogP contribution in [0.3, 0.4) is 0 Å². The van der Waals surface area contributed by atoms with Crippen molar-refractivity contribution in [2.24, 2.45) is 11.8 Å². The highest BCUT2D eigenvalue weighted by atomic mass is 14.9. The fraction of sp³-hybridized carbons (Fsp3) is 0.714. The molecule has 1 heteroatoms. The van der Waals surface area contributed by atoms with E-state index < -0.39 is 0 Å².